The molecule has 0 bridgehead atoms. The van der Waals surface area contributed by atoms with Gasteiger partial charge < -0.3 is 10.5 Å². The summed E-state index contributed by atoms with van der Waals surface area (Å²) in [5, 5.41) is 1.80. The number of rotatable bonds is 1. The number of carbonyl (C=O) groups excluding carboxylic acids is 1. The third kappa shape index (κ3) is 2.62. The fraction of sp³-hybridized carbons (Fsp3) is 0.267. The molecule has 0 saturated carbocycles. The van der Waals surface area contributed by atoms with E-state index in [0.717, 1.165) is 10.8 Å². The molecule has 2 rings (SSSR count). The lowest BCUT2D eigenvalue weighted by molar-refractivity contribution is 0.00719. The quantitative estimate of drug-likeness (QED) is 0.617. The molecule has 0 aliphatic rings. The molecule has 2 aromatic carbocycles. The van der Waals surface area contributed by atoms with E-state index in [1.54, 1.807) is 12.1 Å². The van der Waals surface area contributed by atoms with E-state index < -0.39 is 5.60 Å². The van der Waals surface area contributed by atoms with Crippen molar-refractivity contribution < 1.29 is 9.53 Å². The van der Waals surface area contributed by atoms with Crippen molar-refractivity contribution in [1.82, 2.24) is 0 Å². The van der Waals surface area contributed by atoms with Crippen molar-refractivity contribution in [3.63, 3.8) is 0 Å². The van der Waals surface area contributed by atoms with Crippen LogP contribution in [-0.2, 0) is 4.74 Å². The average molecular weight is 243 g/mol. The number of benzene rings is 2. The Hall–Kier alpha value is -2.03. The Morgan fingerprint density at radius 2 is 1.89 bits per heavy atom. The van der Waals surface area contributed by atoms with Crippen molar-refractivity contribution in [3.05, 3.63) is 42.0 Å². The molecule has 0 radical (unpaired) electrons. The molecule has 0 heterocycles. The minimum absolute atomic E-state index is 0.308. The number of fused-ring (bicyclic) bond motifs is 1. The molecule has 0 aromatic heterocycles. The number of esters is 1. The Labute approximate surface area is 107 Å². The number of nitrogen functional groups attached to an aromatic ring is 1. The Morgan fingerprint density at radius 1 is 1.17 bits per heavy atom. The maximum Gasteiger partial charge on any atom is 0.339 e. The molecule has 3 heteroatoms. The Kier molecular flexibility index (Phi) is 2.99. The van der Waals surface area contributed by atoms with Crippen LogP contribution in [0, 0.1) is 0 Å². The van der Waals surface area contributed by atoms with Crippen LogP contribution in [0.3, 0.4) is 0 Å². The highest BCUT2D eigenvalue weighted by Gasteiger charge is 2.19. The second-order valence-electron chi connectivity index (χ2n) is 5.29. The predicted octanol–water partition coefficient (Wildman–Crippen LogP) is 3.38. The van der Waals surface area contributed by atoms with Crippen molar-refractivity contribution in [2.75, 3.05) is 5.73 Å². The van der Waals surface area contributed by atoms with Crippen LogP contribution in [0.25, 0.3) is 10.8 Å². The van der Waals surface area contributed by atoms with Crippen LogP contribution in [0.15, 0.2) is 36.4 Å². The van der Waals surface area contributed by atoms with E-state index in [1.807, 2.05) is 45.0 Å². The topological polar surface area (TPSA) is 52.3 Å². The number of hydrogen-bond acceptors (Lipinski definition) is 3. The minimum Gasteiger partial charge on any atom is -0.456 e. The molecule has 0 aliphatic carbocycles. The zero-order valence-corrected chi connectivity index (χ0v) is 10.9. The van der Waals surface area contributed by atoms with Gasteiger partial charge >= 0.3 is 5.97 Å². The van der Waals surface area contributed by atoms with Gasteiger partial charge in [0.25, 0.3) is 0 Å². The van der Waals surface area contributed by atoms with E-state index in [1.165, 1.54) is 0 Å². The van der Waals surface area contributed by atoms with Crippen LogP contribution in [0.4, 0.5) is 5.69 Å². The van der Waals surface area contributed by atoms with E-state index in [0.29, 0.717) is 11.3 Å². The summed E-state index contributed by atoms with van der Waals surface area (Å²) in [6, 6.07) is 11.0. The summed E-state index contributed by atoms with van der Waals surface area (Å²) >= 11 is 0. The van der Waals surface area contributed by atoms with Crippen LogP contribution >= 0.6 is 0 Å². The van der Waals surface area contributed by atoms with Gasteiger partial charge in [-0.1, -0.05) is 18.2 Å². The fourth-order valence-electron chi connectivity index (χ4n) is 1.81. The van der Waals surface area contributed by atoms with Crippen LogP contribution < -0.4 is 5.73 Å². The zero-order chi connectivity index (χ0) is 13.3. The van der Waals surface area contributed by atoms with E-state index in [4.69, 9.17) is 10.5 Å². The first-order valence-corrected chi connectivity index (χ1v) is 5.88. The molecule has 0 fully saturated rings. The highest BCUT2D eigenvalue weighted by atomic mass is 16.6. The van der Waals surface area contributed by atoms with E-state index in [2.05, 4.69) is 0 Å². The lowest BCUT2D eigenvalue weighted by Crippen LogP contribution is -2.24. The standard InChI is InChI=1S/C15H17NO2/c1-15(2,3)18-14(17)13-6-4-5-10-9-11(16)7-8-12(10)13/h4-9H,16H2,1-3H3. The SMILES string of the molecule is CC(C)(C)OC(=O)c1cccc2cc(N)ccc12. The highest BCUT2D eigenvalue weighted by molar-refractivity contribution is 6.05. The number of nitrogens with two attached hydrogens (primary N) is 1. The Bertz CT molecular complexity index is 597. The smallest absolute Gasteiger partial charge is 0.339 e. The lowest BCUT2D eigenvalue weighted by Gasteiger charge is -2.20. The number of hydrogen-bond donors (Lipinski definition) is 1. The zero-order valence-electron chi connectivity index (χ0n) is 10.9. The van der Waals surface area contributed by atoms with Crippen LogP contribution in [0.2, 0.25) is 0 Å². The van der Waals surface area contributed by atoms with Crippen molar-refractivity contribution in [1.29, 1.82) is 0 Å². The summed E-state index contributed by atoms with van der Waals surface area (Å²) in [5.41, 5.74) is 6.50. The van der Waals surface area contributed by atoms with Crippen molar-refractivity contribution in [2.24, 2.45) is 0 Å². The van der Waals surface area contributed by atoms with Gasteiger partial charge in [-0.05, 0) is 49.7 Å². The fourth-order valence-corrected chi connectivity index (χ4v) is 1.81. The largest absolute Gasteiger partial charge is 0.456 e. The summed E-state index contributed by atoms with van der Waals surface area (Å²) in [6.45, 7) is 5.57. The van der Waals surface area contributed by atoms with Gasteiger partial charge in [-0.2, -0.15) is 0 Å². The molecule has 2 aromatic rings. The molecular formula is C15H17NO2. The van der Waals surface area contributed by atoms with Gasteiger partial charge in [0.05, 0.1) is 5.56 Å². The van der Waals surface area contributed by atoms with Gasteiger partial charge in [0.2, 0.25) is 0 Å². The van der Waals surface area contributed by atoms with Crippen molar-refractivity contribution >= 4 is 22.4 Å². The second-order valence-corrected chi connectivity index (χ2v) is 5.29. The maximum absolute atomic E-state index is 12.1. The molecule has 0 unspecified atom stereocenters. The van der Waals surface area contributed by atoms with Gasteiger partial charge in [-0.3, -0.25) is 0 Å². The van der Waals surface area contributed by atoms with Gasteiger partial charge in [-0.25, -0.2) is 4.79 Å². The molecule has 0 aliphatic heterocycles. The maximum atomic E-state index is 12.1. The number of ether oxygens (including phenoxy) is 1. The number of carbonyl (C=O) groups is 1. The predicted molar refractivity (Wildman–Crippen MR) is 73.5 cm³/mol. The van der Waals surface area contributed by atoms with Crippen LogP contribution in [-0.4, -0.2) is 11.6 Å². The normalized spacial score (nSPS) is 11.5. The summed E-state index contributed by atoms with van der Waals surface area (Å²) < 4.78 is 5.39. The molecule has 0 spiro atoms. The van der Waals surface area contributed by atoms with Crippen molar-refractivity contribution in [2.45, 2.75) is 26.4 Å². The monoisotopic (exact) mass is 243 g/mol. The Balaban J connectivity index is 2.48. The first-order valence-electron chi connectivity index (χ1n) is 5.88. The second kappa shape index (κ2) is 4.33. The molecule has 94 valence electrons. The van der Waals surface area contributed by atoms with E-state index in [-0.39, 0.29) is 5.97 Å². The molecule has 0 atom stereocenters. The highest BCUT2D eigenvalue weighted by Crippen LogP contribution is 2.23. The van der Waals surface area contributed by atoms with Gasteiger partial charge in [0, 0.05) is 5.69 Å². The molecule has 0 saturated heterocycles. The Morgan fingerprint density at radius 3 is 2.56 bits per heavy atom. The van der Waals surface area contributed by atoms with Gasteiger partial charge in [-0.15, -0.1) is 0 Å². The lowest BCUT2D eigenvalue weighted by atomic mass is 10.0. The molecular weight excluding hydrogens is 226 g/mol. The van der Waals surface area contributed by atoms with Gasteiger partial charge in [0.1, 0.15) is 5.60 Å². The molecule has 18 heavy (non-hydrogen) atoms. The van der Waals surface area contributed by atoms with E-state index in [9.17, 15) is 4.79 Å². The van der Waals surface area contributed by atoms with Crippen LogP contribution in [0.5, 0.6) is 0 Å². The third-order valence-corrected chi connectivity index (χ3v) is 2.52. The third-order valence-electron chi connectivity index (χ3n) is 2.52. The summed E-state index contributed by atoms with van der Waals surface area (Å²) in [5.74, 6) is -0.308. The molecule has 2 N–H and O–H groups in total. The average Bonchev–Trinajstić information content (AvgIpc) is 2.25. The molecule has 0 amide bonds. The van der Waals surface area contributed by atoms with Crippen molar-refractivity contribution in [3.8, 4) is 0 Å². The summed E-state index contributed by atoms with van der Waals surface area (Å²) in [6.07, 6.45) is 0. The summed E-state index contributed by atoms with van der Waals surface area (Å²) in [7, 11) is 0. The first-order chi connectivity index (χ1) is 8.37. The van der Waals surface area contributed by atoms with E-state index >= 15 is 0 Å². The molecule has 3 nitrogen and oxygen atoms in total. The number of anilines is 1. The summed E-state index contributed by atoms with van der Waals surface area (Å²) in [4.78, 5) is 12.1. The van der Waals surface area contributed by atoms with Gasteiger partial charge in [0.15, 0.2) is 0 Å². The first kappa shape index (κ1) is 12.4. The minimum atomic E-state index is -0.493. The van der Waals surface area contributed by atoms with Crippen LogP contribution in [0.1, 0.15) is 31.1 Å².